The number of rotatable bonds is 4. The number of methoxy groups -OCH3 is 1. The fourth-order valence-corrected chi connectivity index (χ4v) is 2.90. The predicted octanol–water partition coefficient (Wildman–Crippen LogP) is 2.65. The summed E-state index contributed by atoms with van der Waals surface area (Å²) in [6.07, 6.45) is 4.74. The maximum absolute atomic E-state index is 6.27. The van der Waals surface area contributed by atoms with Gasteiger partial charge < -0.3 is 10.5 Å². The lowest BCUT2D eigenvalue weighted by molar-refractivity contribution is 0.405. The third-order valence-electron chi connectivity index (χ3n) is 3.11. The Labute approximate surface area is 115 Å². The van der Waals surface area contributed by atoms with Gasteiger partial charge in [0.15, 0.2) is 4.96 Å². The minimum Gasteiger partial charge on any atom is -0.496 e. The average Bonchev–Trinajstić information content (AvgIpc) is 2.99. The van der Waals surface area contributed by atoms with Gasteiger partial charge >= 0.3 is 0 Å². The molecule has 0 fully saturated rings. The van der Waals surface area contributed by atoms with E-state index >= 15 is 0 Å². The van der Waals surface area contributed by atoms with E-state index in [9.17, 15) is 0 Å². The lowest BCUT2D eigenvalue weighted by atomic mass is 10.0. The topological polar surface area (TPSA) is 52.5 Å². The van der Waals surface area contributed by atoms with Gasteiger partial charge in [-0.15, -0.1) is 11.3 Å². The molecule has 98 valence electrons. The van der Waals surface area contributed by atoms with Gasteiger partial charge in [0.2, 0.25) is 0 Å². The van der Waals surface area contributed by atoms with Crippen LogP contribution in [0.25, 0.3) is 4.96 Å². The first-order valence-corrected chi connectivity index (χ1v) is 6.95. The highest BCUT2D eigenvalue weighted by Crippen LogP contribution is 2.25. The van der Waals surface area contributed by atoms with Crippen molar-refractivity contribution >= 4 is 16.3 Å². The monoisotopic (exact) mass is 273 g/mol. The molecule has 19 heavy (non-hydrogen) atoms. The fourth-order valence-electron chi connectivity index (χ4n) is 2.18. The van der Waals surface area contributed by atoms with E-state index in [2.05, 4.69) is 4.98 Å². The Hall–Kier alpha value is -1.85. The van der Waals surface area contributed by atoms with Crippen LogP contribution in [-0.2, 0) is 6.42 Å². The summed E-state index contributed by atoms with van der Waals surface area (Å²) in [6, 6.07) is 7.74. The van der Waals surface area contributed by atoms with E-state index in [-0.39, 0.29) is 6.04 Å². The van der Waals surface area contributed by atoms with Crippen molar-refractivity contribution in [3.8, 4) is 5.75 Å². The van der Waals surface area contributed by atoms with Gasteiger partial charge in [0.1, 0.15) is 5.75 Å². The van der Waals surface area contributed by atoms with Gasteiger partial charge in [-0.2, -0.15) is 0 Å². The Morgan fingerprint density at radius 1 is 1.42 bits per heavy atom. The van der Waals surface area contributed by atoms with Crippen molar-refractivity contribution in [2.45, 2.75) is 12.5 Å². The molecule has 5 heteroatoms. The molecular formula is C14H15N3OS. The van der Waals surface area contributed by atoms with Crippen molar-refractivity contribution in [3.63, 3.8) is 0 Å². The standard InChI is InChI=1S/C14H15N3OS/c1-18-13-5-3-2-4-11(13)12(15)8-10-9-17-6-7-19-14(17)16-10/h2-7,9,12H,8,15H2,1H3. The first kappa shape index (κ1) is 12.2. The number of aromatic nitrogens is 2. The summed E-state index contributed by atoms with van der Waals surface area (Å²) in [7, 11) is 1.66. The second-order valence-corrected chi connectivity index (χ2v) is 5.25. The zero-order valence-corrected chi connectivity index (χ0v) is 11.4. The third kappa shape index (κ3) is 2.34. The van der Waals surface area contributed by atoms with Crippen molar-refractivity contribution < 1.29 is 4.74 Å². The van der Waals surface area contributed by atoms with Gasteiger partial charge in [-0.3, -0.25) is 4.40 Å². The maximum atomic E-state index is 6.27. The molecule has 3 aromatic rings. The minimum atomic E-state index is -0.110. The molecule has 0 spiro atoms. The summed E-state index contributed by atoms with van der Waals surface area (Å²) in [5, 5.41) is 2.02. The number of para-hydroxylation sites is 1. The molecule has 3 rings (SSSR count). The van der Waals surface area contributed by atoms with E-state index in [0.717, 1.165) is 22.0 Å². The van der Waals surface area contributed by atoms with Gasteiger partial charge in [-0.25, -0.2) is 4.98 Å². The number of hydrogen-bond donors (Lipinski definition) is 1. The van der Waals surface area contributed by atoms with Crippen LogP contribution in [0.1, 0.15) is 17.3 Å². The average molecular weight is 273 g/mol. The van der Waals surface area contributed by atoms with Crippen molar-refractivity contribution in [2.24, 2.45) is 5.73 Å². The quantitative estimate of drug-likeness (QED) is 0.795. The molecule has 1 aromatic carbocycles. The number of benzene rings is 1. The smallest absolute Gasteiger partial charge is 0.193 e. The summed E-state index contributed by atoms with van der Waals surface area (Å²) in [5.74, 6) is 0.830. The van der Waals surface area contributed by atoms with Gasteiger partial charge in [-0.1, -0.05) is 18.2 Å². The SMILES string of the molecule is COc1ccccc1C(N)Cc1cn2ccsc2n1. The molecular weight excluding hydrogens is 258 g/mol. The molecule has 0 aliphatic carbocycles. The van der Waals surface area contributed by atoms with Crippen molar-refractivity contribution in [1.82, 2.24) is 9.38 Å². The molecule has 0 saturated carbocycles. The first-order chi connectivity index (χ1) is 9.28. The molecule has 1 atom stereocenters. The number of nitrogens with zero attached hydrogens (tertiary/aromatic N) is 2. The number of imidazole rings is 1. The third-order valence-corrected chi connectivity index (χ3v) is 3.88. The van der Waals surface area contributed by atoms with Crippen LogP contribution in [0.3, 0.4) is 0 Å². The fraction of sp³-hybridized carbons (Fsp3) is 0.214. The number of fused-ring (bicyclic) bond motifs is 1. The summed E-state index contributed by atoms with van der Waals surface area (Å²) in [4.78, 5) is 5.56. The van der Waals surface area contributed by atoms with Crippen molar-refractivity contribution in [1.29, 1.82) is 0 Å². The summed E-state index contributed by atoms with van der Waals surface area (Å²) in [5.41, 5.74) is 8.29. The van der Waals surface area contributed by atoms with Crippen molar-refractivity contribution in [2.75, 3.05) is 7.11 Å². The van der Waals surface area contributed by atoms with Crippen LogP contribution in [0, 0.1) is 0 Å². The van der Waals surface area contributed by atoms with Crippen LogP contribution in [0.5, 0.6) is 5.75 Å². The number of hydrogen-bond acceptors (Lipinski definition) is 4. The molecule has 0 radical (unpaired) electrons. The normalized spacial score (nSPS) is 12.7. The highest BCUT2D eigenvalue weighted by atomic mass is 32.1. The van der Waals surface area contributed by atoms with Crippen LogP contribution < -0.4 is 10.5 Å². The second-order valence-electron chi connectivity index (χ2n) is 4.38. The number of nitrogens with two attached hydrogens (primary N) is 1. The molecule has 0 saturated heterocycles. The summed E-state index contributed by atoms with van der Waals surface area (Å²) < 4.78 is 7.37. The van der Waals surface area contributed by atoms with Crippen molar-refractivity contribution in [3.05, 3.63) is 53.3 Å². The van der Waals surface area contributed by atoms with E-state index in [4.69, 9.17) is 10.5 Å². The highest BCUT2D eigenvalue weighted by Gasteiger charge is 2.14. The van der Waals surface area contributed by atoms with Gasteiger partial charge in [-0.05, 0) is 6.07 Å². The molecule has 4 nitrogen and oxygen atoms in total. The second kappa shape index (κ2) is 5.03. The van der Waals surface area contributed by atoms with Gasteiger partial charge in [0, 0.05) is 35.8 Å². The van der Waals surface area contributed by atoms with Crippen LogP contribution in [-0.4, -0.2) is 16.5 Å². The van der Waals surface area contributed by atoms with Crippen LogP contribution in [0.2, 0.25) is 0 Å². The van der Waals surface area contributed by atoms with E-state index in [1.807, 2.05) is 46.4 Å². The number of thiazole rings is 1. The van der Waals surface area contributed by atoms with Crippen LogP contribution in [0.4, 0.5) is 0 Å². The largest absolute Gasteiger partial charge is 0.496 e. The minimum absolute atomic E-state index is 0.110. The summed E-state index contributed by atoms with van der Waals surface area (Å²) in [6.45, 7) is 0. The van der Waals surface area contributed by atoms with E-state index in [0.29, 0.717) is 6.42 Å². The predicted molar refractivity (Wildman–Crippen MR) is 76.7 cm³/mol. The van der Waals surface area contributed by atoms with E-state index < -0.39 is 0 Å². The lowest BCUT2D eigenvalue weighted by Crippen LogP contribution is -2.14. The number of ether oxygens (including phenoxy) is 1. The molecule has 0 aliphatic heterocycles. The van der Waals surface area contributed by atoms with Gasteiger partial charge in [0.05, 0.1) is 12.8 Å². The molecule has 0 bridgehead atoms. The van der Waals surface area contributed by atoms with E-state index in [1.165, 1.54) is 0 Å². The molecule has 2 N–H and O–H groups in total. The molecule has 2 heterocycles. The molecule has 2 aromatic heterocycles. The highest BCUT2D eigenvalue weighted by molar-refractivity contribution is 7.15. The molecule has 1 unspecified atom stereocenters. The summed E-state index contributed by atoms with van der Waals surface area (Å²) >= 11 is 1.63. The zero-order valence-electron chi connectivity index (χ0n) is 10.6. The van der Waals surface area contributed by atoms with Crippen LogP contribution in [0.15, 0.2) is 42.0 Å². The van der Waals surface area contributed by atoms with Gasteiger partial charge in [0.25, 0.3) is 0 Å². The Balaban J connectivity index is 1.84. The first-order valence-electron chi connectivity index (χ1n) is 6.07. The maximum Gasteiger partial charge on any atom is 0.193 e. The van der Waals surface area contributed by atoms with E-state index in [1.54, 1.807) is 18.4 Å². The Morgan fingerprint density at radius 2 is 2.26 bits per heavy atom. The Kier molecular flexibility index (Phi) is 3.23. The molecule has 0 aliphatic rings. The zero-order chi connectivity index (χ0) is 13.2. The lowest BCUT2D eigenvalue weighted by Gasteiger charge is -2.14. The Bertz CT molecular complexity index is 660. The molecule has 0 amide bonds. The van der Waals surface area contributed by atoms with Crippen LogP contribution >= 0.6 is 11.3 Å². The Morgan fingerprint density at radius 3 is 3.05 bits per heavy atom.